The van der Waals surface area contributed by atoms with Gasteiger partial charge in [0, 0.05) is 32.1 Å². The second kappa shape index (κ2) is 7.75. The van der Waals surface area contributed by atoms with Crippen molar-refractivity contribution >= 4 is 17.3 Å². The third kappa shape index (κ3) is 4.97. The fourth-order valence-corrected chi connectivity index (χ4v) is 3.26. The molecule has 0 spiro atoms. The normalized spacial score (nSPS) is 20.0. The van der Waals surface area contributed by atoms with Crippen molar-refractivity contribution in [1.29, 1.82) is 0 Å². The third-order valence-electron chi connectivity index (χ3n) is 3.75. The Morgan fingerprint density at radius 3 is 3.00 bits per heavy atom. The van der Waals surface area contributed by atoms with Crippen LogP contribution in [0, 0.1) is 12.8 Å². The van der Waals surface area contributed by atoms with E-state index in [0.717, 1.165) is 42.8 Å². The van der Waals surface area contributed by atoms with Gasteiger partial charge < -0.3 is 15.1 Å². The first kappa shape index (κ1) is 16.2. The van der Waals surface area contributed by atoms with Gasteiger partial charge in [-0.25, -0.2) is 4.98 Å². The molecule has 0 aromatic carbocycles. The number of hydrogen-bond acceptors (Lipinski definition) is 4. The van der Waals surface area contributed by atoms with E-state index in [0.29, 0.717) is 5.92 Å². The number of thiazole rings is 1. The van der Waals surface area contributed by atoms with E-state index in [1.165, 1.54) is 13.0 Å². The predicted octanol–water partition coefficient (Wildman–Crippen LogP) is 1.80. The lowest BCUT2D eigenvalue weighted by atomic mass is 10.1. The summed E-state index contributed by atoms with van der Waals surface area (Å²) in [4.78, 5) is 13.9. The Kier molecular flexibility index (Phi) is 5.99. The van der Waals surface area contributed by atoms with Gasteiger partial charge >= 0.3 is 0 Å². The highest BCUT2D eigenvalue weighted by Gasteiger charge is 2.19. The van der Waals surface area contributed by atoms with Crippen LogP contribution >= 0.6 is 11.3 Å². The molecule has 6 heteroatoms. The summed E-state index contributed by atoms with van der Waals surface area (Å²) in [6, 6.07) is 0. The molecule has 1 aliphatic heterocycles. The van der Waals surface area contributed by atoms with Crippen LogP contribution in [0.2, 0.25) is 0 Å². The van der Waals surface area contributed by atoms with Gasteiger partial charge in [-0.05, 0) is 39.8 Å². The number of aromatic nitrogens is 1. The summed E-state index contributed by atoms with van der Waals surface area (Å²) in [5, 5.41) is 6.63. The number of aryl methyl sites for hydroxylation is 1. The zero-order chi connectivity index (χ0) is 15.2. The minimum atomic E-state index is 0.693. The highest BCUT2D eigenvalue weighted by Crippen LogP contribution is 2.15. The fraction of sp³-hybridized carbons (Fsp3) is 0.733. The Bertz CT molecular complexity index is 470. The van der Waals surface area contributed by atoms with E-state index in [1.54, 1.807) is 11.3 Å². The maximum absolute atomic E-state index is 4.81. The maximum Gasteiger partial charge on any atom is 0.194 e. The van der Waals surface area contributed by atoms with Crippen LogP contribution in [0.25, 0.3) is 0 Å². The van der Waals surface area contributed by atoms with Crippen molar-refractivity contribution in [3.05, 3.63) is 16.1 Å². The highest BCUT2D eigenvalue weighted by atomic mass is 32.1. The SMILES string of the molecule is CCNC(=NCC1CCN(C)C1)N(C)Cc1csc(C)n1. The smallest absolute Gasteiger partial charge is 0.194 e. The summed E-state index contributed by atoms with van der Waals surface area (Å²) >= 11 is 1.70. The molecule has 0 amide bonds. The summed E-state index contributed by atoms with van der Waals surface area (Å²) in [6.45, 7) is 9.13. The van der Waals surface area contributed by atoms with Crippen molar-refractivity contribution in [1.82, 2.24) is 20.1 Å². The molecule has 1 unspecified atom stereocenters. The molecule has 0 radical (unpaired) electrons. The van der Waals surface area contributed by atoms with Crippen LogP contribution in [0.5, 0.6) is 0 Å². The van der Waals surface area contributed by atoms with Crippen LogP contribution in [-0.4, -0.2) is 61.0 Å². The number of hydrogen-bond donors (Lipinski definition) is 1. The topological polar surface area (TPSA) is 43.8 Å². The predicted molar refractivity (Wildman–Crippen MR) is 89.9 cm³/mol. The largest absolute Gasteiger partial charge is 0.357 e. The average molecular weight is 309 g/mol. The maximum atomic E-state index is 4.81. The van der Waals surface area contributed by atoms with Crippen molar-refractivity contribution in [2.75, 3.05) is 40.3 Å². The van der Waals surface area contributed by atoms with E-state index in [9.17, 15) is 0 Å². The van der Waals surface area contributed by atoms with Gasteiger partial charge in [0.2, 0.25) is 0 Å². The Labute approximate surface area is 132 Å². The highest BCUT2D eigenvalue weighted by molar-refractivity contribution is 7.09. The molecule has 1 aromatic rings. The third-order valence-corrected chi connectivity index (χ3v) is 4.57. The van der Waals surface area contributed by atoms with Crippen LogP contribution in [0.4, 0.5) is 0 Å². The van der Waals surface area contributed by atoms with E-state index in [4.69, 9.17) is 4.99 Å². The van der Waals surface area contributed by atoms with E-state index < -0.39 is 0 Å². The second-order valence-corrected chi connectivity index (χ2v) is 6.89. The van der Waals surface area contributed by atoms with Gasteiger partial charge in [0.25, 0.3) is 0 Å². The van der Waals surface area contributed by atoms with Crippen molar-refractivity contribution in [2.24, 2.45) is 10.9 Å². The lowest BCUT2D eigenvalue weighted by molar-refractivity contribution is 0.396. The average Bonchev–Trinajstić information content (AvgIpc) is 3.03. The number of nitrogens with zero attached hydrogens (tertiary/aromatic N) is 4. The molecule has 118 valence electrons. The minimum absolute atomic E-state index is 0.693. The zero-order valence-corrected chi connectivity index (χ0v) is 14.4. The van der Waals surface area contributed by atoms with Crippen molar-refractivity contribution in [2.45, 2.75) is 26.8 Å². The van der Waals surface area contributed by atoms with E-state index in [1.807, 2.05) is 6.92 Å². The van der Waals surface area contributed by atoms with Gasteiger partial charge in [0.15, 0.2) is 5.96 Å². The Morgan fingerprint density at radius 2 is 2.43 bits per heavy atom. The van der Waals surface area contributed by atoms with Crippen molar-refractivity contribution in [3.8, 4) is 0 Å². The lowest BCUT2D eigenvalue weighted by Gasteiger charge is -2.21. The first-order chi connectivity index (χ1) is 10.1. The number of aliphatic imine (C=N–C) groups is 1. The van der Waals surface area contributed by atoms with E-state index in [2.05, 4.69) is 46.5 Å². The minimum Gasteiger partial charge on any atom is -0.357 e. The molecule has 0 aliphatic carbocycles. The molecule has 21 heavy (non-hydrogen) atoms. The fourth-order valence-electron chi connectivity index (χ4n) is 2.66. The van der Waals surface area contributed by atoms with Gasteiger partial charge in [-0.15, -0.1) is 11.3 Å². The molecule has 2 rings (SSSR count). The standard InChI is InChI=1S/C15H27N5S/c1-5-16-15(17-8-13-6-7-19(3)9-13)20(4)10-14-11-21-12(2)18-14/h11,13H,5-10H2,1-4H3,(H,16,17). The Balaban J connectivity index is 1.93. The van der Waals surface area contributed by atoms with E-state index >= 15 is 0 Å². The molecule has 2 heterocycles. The number of guanidine groups is 1. The van der Waals surface area contributed by atoms with Gasteiger partial charge in [0.1, 0.15) is 0 Å². The van der Waals surface area contributed by atoms with Crippen molar-refractivity contribution in [3.63, 3.8) is 0 Å². The molecular weight excluding hydrogens is 282 g/mol. The number of likely N-dealkylation sites (tertiary alicyclic amines) is 1. The number of rotatable bonds is 5. The quantitative estimate of drug-likeness (QED) is 0.665. The first-order valence-corrected chi connectivity index (χ1v) is 8.55. The summed E-state index contributed by atoms with van der Waals surface area (Å²) in [6.07, 6.45) is 1.26. The van der Waals surface area contributed by atoms with E-state index in [-0.39, 0.29) is 0 Å². The Hall–Kier alpha value is -1.14. The van der Waals surface area contributed by atoms with Crippen LogP contribution in [0.1, 0.15) is 24.0 Å². The summed E-state index contributed by atoms with van der Waals surface area (Å²) in [5.41, 5.74) is 1.12. The van der Waals surface area contributed by atoms with Crippen LogP contribution in [-0.2, 0) is 6.54 Å². The number of nitrogens with one attached hydrogen (secondary N) is 1. The molecule has 1 aliphatic rings. The summed E-state index contributed by atoms with van der Waals surface area (Å²) < 4.78 is 0. The van der Waals surface area contributed by atoms with Gasteiger partial charge in [0.05, 0.1) is 17.2 Å². The van der Waals surface area contributed by atoms with Gasteiger partial charge in [-0.1, -0.05) is 0 Å². The molecule has 1 aromatic heterocycles. The second-order valence-electron chi connectivity index (χ2n) is 5.83. The van der Waals surface area contributed by atoms with Crippen molar-refractivity contribution < 1.29 is 0 Å². The summed E-state index contributed by atoms with van der Waals surface area (Å²) in [7, 11) is 4.27. The molecule has 5 nitrogen and oxygen atoms in total. The lowest BCUT2D eigenvalue weighted by Crippen LogP contribution is -2.39. The molecule has 1 fully saturated rings. The Morgan fingerprint density at radius 1 is 1.62 bits per heavy atom. The summed E-state index contributed by atoms with van der Waals surface area (Å²) in [5.74, 6) is 1.68. The molecule has 1 saturated heterocycles. The molecule has 0 saturated carbocycles. The molecule has 1 atom stereocenters. The monoisotopic (exact) mass is 309 g/mol. The molecule has 1 N–H and O–H groups in total. The van der Waals surface area contributed by atoms with Crippen LogP contribution in [0.3, 0.4) is 0 Å². The van der Waals surface area contributed by atoms with Gasteiger partial charge in [-0.2, -0.15) is 0 Å². The van der Waals surface area contributed by atoms with Crippen LogP contribution < -0.4 is 5.32 Å². The van der Waals surface area contributed by atoms with Gasteiger partial charge in [-0.3, -0.25) is 4.99 Å². The molecule has 0 bridgehead atoms. The first-order valence-electron chi connectivity index (χ1n) is 7.67. The zero-order valence-electron chi connectivity index (χ0n) is 13.6. The molecular formula is C15H27N5S. The van der Waals surface area contributed by atoms with Crippen LogP contribution in [0.15, 0.2) is 10.4 Å².